The topological polar surface area (TPSA) is 3.24 Å². The third-order valence-corrected chi connectivity index (χ3v) is 3.99. The first kappa shape index (κ1) is 11.8. The largest absolute Gasteiger partial charge is 0.371 e. The average molecular weight is 238 g/mol. The van der Waals surface area contributed by atoms with Crippen LogP contribution in [0.3, 0.4) is 0 Å². The molecule has 1 aromatic carbocycles. The second kappa shape index (κ2) is 5.09. The summed E-state index contributed by atoms with van der Waals surface area (Å²) < 4.78 is 0. The molecular formula is C14H20ClN. The Balaban J connectivity index is 2.13. The molecule has 1 aliphatic heterocycles. The fourth-order valence-corrected chi connectivity index (χ4v) is 2.73. The molecule has 1 unspecified atom stereocenters. The Morgan fingerprint density at radius 1 is 1.44 bits per heavy atom. The van der Waals surface area contributed by atoms with E-state index in [-0.39, 0.29) is 0 Å². The van der Waals surface area contributed by atoms with Gasteiger partial charge in [0.1, 0.15) is 0 Å². The number of hydrogen-bond donors (Lipinski definition) is 0. The monoisotopic (exact) mass is 237 g/mol. The maximum absolute atomic E-state index is 5.88. The minimum Gasteiger partial charge on any atom is -0.371 e. The predicted molar refractivity (Wildman–Crippen MR) is 71.3 cm³/mol. The molecule has 0 bridgehead atoms. The van der Waals surface area contributed by atoms with Gasteiger partial charge in [-0.15, -0.1) is 11.6 Å². The highest BCUT2D eigenvalue weighted by Crippen LogP contribution is 2.27. The zero-order valence-electron chi connectivity index (χ0n) is 10.2. The number of nitrogens with zero attached hydrogens (tertiary/aromatic N) is 1. The number of halogens is 1. The number of benzene rings is 1. The van der Waals surface area contributed by atoms with Crippen LogP contribution in [0.15, 0.2) is 18.2 Å². The molecule has 1 fully saturated rings. The highest BCUT2D eigenvalue weighted by Gasteiger charge is 2.21. The molecule has 1 nitrogen and oxygen atoms in total. The van der Waals surface area contributed by atoms with E-state index >= 15 is 0 Å². The second-order valence-electron chi connectivity index (χ2n) is 4.75. The van der Waals surface area contributed by atoms with Gasteiger partial charge in [0.25, 0.3) is 0 Å². The van der Waals surface area contributed by atoms with Gasteiger partial charge in [-0.05, 0) is 42.5 Å². The van der Waals surface area contributed by atoms with Crippen molar-refractivity contribution in [2.75, 3.05) is 18.0 Å². The normalized spacial score (nSPS) is 20.4. The molecule has 1 aliphatic rings. The predicted octanol–water partition coefficient (Wildman–Crippen LogP) is 3.97. The lowest BCUT2D eigenvalue weighted by Crippen LogP contribution is -2.19. The van der Waals surface area contributed by atoms with Crippen molar-refractivity contribution in [3.8, 4) is 0 Å². The summed E-state index contributed by atoms with van der Waals surface area (Å²) in [5.41, 5.74) is 3.92. The zero-order chi connectivity index (χ0) is 11.5. The molecule has 1 aromatic rings. The van der Waals surface area contributed by atoms with Gasteiger partial charge < -0.3 is 4.90 Å². The van der Waals surface area contributed by atoms with Crippen molar-refractivity contribution in [1.29, 1.82) is 0 Å². The van der Waals surface area contributed by atoms with Gasteiger partial charge in [0, 0.05) is 24.7 Å². The van der Waals surface area contributed by atoms with E-state index in [4.69, 9.17) is 11.6 Å². The second-order valence-corrected chi connectivity index (χ2v) is 5.02. The fraction of sp³-hybridized carbons (Fsp3) is 0.571. The third kappa shape index (κ3) is 2.35. The van der Waals surface area contributed by atoms with E-state index in [9.17, 15) is 0 Å². The maximum Gasteiger partial charge on any atom is 0.0476 e. The molecule has 1 atom stereocenters. The minimum atomic E-state index is 0.615. The summed E-state index contributed by atoms with van der Waals surface area (Å²) in [5, 5.41) is 0. The van der Waals surface area contributed by atoms with Crippen molar-refractivity contribution in [3.63, 3.8) is 0 Å². The molecule has 16 heavy (non-hydrogen) atoms. The van der Waals surface area contributed by atoms with Crippen molar-refractivity contribution >= 4 is 17.3 Å². The van der Waals surface area contributed by atoms with Gasteiger partial charge in [-0.2, -0.15) is 0 Å². The molecule has 0 amide bonds. The summed E-state index contributed by atoms with van der Waals surface area (Å²) in [5.74, 6) is 1.50. The quantitative estimate of drug-likeness (QED) is 0.719. The van der Waals surface area contributed by atoms with Crippen LogP contribution in [0.1, 0.15) is 30.9 Å². The number of alkyl halides is 1. The maximum atomic E-state index is 5.88. The van der Waals surface area contributed by atoms with Crippen LogP contribution in [0.2, 0.25) is 0 Å². The molecule has 0 radical (unpaired) electrons. The van der Waals surface area contributed by atoms with E-state index in [1.54, 1.807) is 0 Å². The Labute approximate surface area is 103 Å². The Bertz CT molecular complexity index is 362. The van der Waals surface area contributed by atoms with Gasteiger partial charge in [-0.3, -0.25) is 0 Å². The van der Waals surface area contributed by atoms with Crippen molar-refractivity contribution in [2.24, 2.45) is 5.92 Å². The van der Waals surface area contributed by atoms with E-state index in [1.165, 1.54) is 42.7 Å². The molecule has 0 aliphatic carbocycles. The van der Waals surface area contributed by atoms with Crippen LogP contribution in [0, 0.1) is 12.8 Å². The van der Waals surface area contributed by atoms with Crippen LogP contribution in [0.4, 0.5) is 5.69 Å². The average Bonchev–Trinajstić information content (AvgIpc) is 2.77. The molecule has 88 valence electrons. The van der Waals surface area contributed by atoms with Crippen LogP contribution >= 0.6 is 11.6 Å². The summed E-state index contributed by atoms with van der Waals surface area (Å²) in [6.45, 7) is 6.86. The SMILES string of the molecule is CCC1CCN(c2ccc(CCl)c(C)c2)C1. The van der Waals surface area contributed by atoms with Gasteiger partial charge in [0.05, 0.1) is 0 Å². The summed E-state index contributed by atoms with van der Waals surface area (Å²) >= 11 is 5.88. The van der Waals surface area contributed by atoms with Crippen LogP contribution in [-0.4, -0.2) is 13.1 Å². The standard InChI is InChI=1S/C14H20ClN/c1-3-12-6-7-16(10-12)14-5-4-13(9-15)11(2)8-14/h4-5,8,12H,3,6-7,9-10H2,1-2H3. The van der Waals surface area contributed by atoms with Crippen LogP contribution in [-0.2, 0) is 5.88 Å². The molecule has 1 saturated heterocycles. The number of hydrogen-bond acceptors (Lipinski definition) is 1. The summed E-state index contributed by atoms with van der Waals surface area (Å²) in [6, 6.07) is 6.65. The lowest BCUT2D eigenvalue weighted by molar-refractivity contribution is 0.569. The van der Waals surface area contributed by atoms with Gasteiger partial charge >= 0.3 is 0 Å². The van der Waals surface area contributed by atoms with Crippen molar-refractivity contribution < 1.29 is 0 Å². The summed E-state index contributed by atoms with van der Waals surface area (Å²) in [4.78, 5) is 2.50. The van der Waals surface area contributed by atoms with Gasteiger partial charge in [0.2, 0.25) is 0 Å². The first-order valence-electron chi connectivity index (χ1n) is 6.15. The van der Waals surface area contributed by atoms with Gasteiger partial charge in [-0.1, -0.05) is 19.4 Å². The first-order chi connectivity index (χ1) is 7.74. The smallest absolute Gasteiger partial charge is 0.0476 e. The zero-order valence-corrected chi connectivity index (χ0v) is 10.9. The summed E-state index contributed by atoms with van der Waals surface area (Å²) in [6.07, 6.45) is 2.64. The van der Waals surface area contributed by atoms with Crippen molar-refractivity contribution in [3.05, 3.63) is 29.3 Å². The summed E-state index contributed by atoms with van der Waals surface area (Å²) in [7, 11) is 0. The molecule has 0 aromatic heterocycles. The van der Waals surface area contributed by atoms with E-state index in [2.05, 4.69) is 36.9 Å². The molecule has 1 heterocycles. The van der Waals surface area contributed by atoms with Gasteiger partial charge in [-0.25, -0.2) is 0 Å². The van der Waals surface area contributed by atoms with E-state index in [0.29, 0.717) is 5.88 Å². The fourth-order valence-electron chi connectivity index (χ4n) is 2.43. The van der Waals surface area contributed by atoms with Crippen molar-refractivity contribution in [1.82, 2.24) is 0 Å². The van der Waals surface area contributed by atoms with Crippen LogP contribution < -0.4 is 4.90 Å². The minimum absolute atomic E-state index is 0.615. The van der Waals surface area contributed by atoms with Crippen molar-refractivity contribution in [2.45, 2.75) is 32.6 Å². The van der Waals surface area contributed by atoms with Gasteiger partial charge in [0.15, 0.2) is 0 Å². The molecule has 2 rings (SSSR count). The Morgan fingerprint density at radius 2 is 2.25 bits per heavy atom. The van der Waals surface area contributed by atoms with E-state index in [1.807, 2.05) is 0 Å². The Hall–Kier alpha value is -0.690. The lowest BCUT2D eigenvalue weighted by atomic mass is 10.1. The molecular weight excluding hydrogens is 218 g/mol. The third-order valence-electron chi connectivity index (χ3n) is 3.70. The molecule has 0 N–H and O–H groups in total. The number of rotatable bonds is 3. The molecule has 0 spiro atoms. The Kier molecular flexibility index (Phi) is 3.75. The molecule has 2 heteroatoms. The number of anilines is 1. The first-order valence-corrected chi connectivity index (χ1v) is 6.68. The lowest BCUT2D eigenvalue weighted by Gasteiger charge is -2.19. The van der Waals surface area contributed by atoms with Crippen LogP contribution in [0.25, 0.3) is 0 Å². The van der Waals surface area contributed by atoms with Crippen LogP contribution in [0.5, 0.6) is 0 Å². The highest BCUT2D eigenvalue weighted by atomic mass is 35.5. The van der Waals surface area contributed by atoms with E-state index in [0.717, 1.165) is 5.92 Å². The van der Waals surface area contributed by atoms with E-state index < -0.39 is 0 Å². The highest BCUT2D eigenvalue weighted by molar-refractivity contribution is 6.17. The number of aryl methyl sites for hydroxylation is 1. The Morgan fingerprint density at radius 3 is 2.81 bits per heavy atom. The molecule has 0 saturated carbocycles.